The lowest BCUT2D eigenvalue weighted by Gasteiger charge is -2.36. The minimum Gasteiger partial charge on any atom is -0.353 e. The van der Waals surface area contributed by atoms with Crippen molar-refractivity contribution in [2.75, 3.05) is 0 Å². The lowest BCUT2D eigenvalue weighted by Crippen LogP contribution is -2.38. The first-order valence-electron chi connectivity index (χ1n) is 9.42. The molecule has 1 amide bonds. The standard InChI is InChI=1S/C19H35NO/c1-16(2)14-17-19(15-18(21)20-17)12-10-8-6-4-3-5-7-9-11-13-19/h16-17H,3-15H2,1-2H3,(H,20,21). The van der Waals surface area contributed by atoms with Crippen molar-refractivity contribution in [3.05, 3.63) is 0 Å². The van der Waals surface area contributed by atoms with Gasteiger partial charge in [-0.1, -0.05) is 71.6 Å². The summed E-state index contributed by atoms with van der Waals surface area (Å²) < 4.78 is 0. The molecule has 0 aromatic heterocycles. The molecule has 1 atom stereocenters. The van der Waals surface area contributed by atoms with Gasteiger partial charge in [-0.2, -0.15) is 0 Å². The molecule has 1 unspecified atom stereocenters. The average molecular weight is 293 g/mol. The molecule has 21 heavy (non-hydrogen) atoms. The van der Waals surface area contributed by atoms with Crippen LogP contribution in [0.4, 0.5) is 0 Å². The molecule has 0 aromatic carbocycles. The molecule has 2 rings (SSSR count). The number of nitrogens with one attached hydrogen (secondary N) is 1. The Morgan fingerprint density at radius 2 is 1.43 bits per heavy atom. The SMILES string of the molecule is CC(C)CC1NC(=O)CC12CCCCCCCCCCC2. The van der Waals surface area contributed by atoms with E-state index >= 15 is 0 Å². The summed E-state index contributed by atoms with van der Waals surface area (Å²) in [6.45, 7) is 4.57. The summed E-state index contributed by atoms with van der Waals surface area (Å²) in [4.78, 5) is 12.1. The molecule has 1 aliphatic carbocycles. The third-order valence-corrected chi connectivity index (χ3v) is 5.64. The summed E-state index contributed by atoms with van der Waals surface area (Å²) in [6, 6.07) is 0.438. The van der Waals surface area contributed by atoms with Gasteiger partial charge >= 0.3 is 0 Å². The molecule has 0 radical (unpaired) electrons. The first kappa shape index (κ1) is 16.8. The van der Waals surface area contributed by atoms with E-state index in [1.54, 1.807) is 0 Å². The zero-order valence-electron chi connectivity index (χ0n) is 14.3. The van der Waals surface area contributed by atoms with E-state index in [0.29, 0.717) is 17.9 Å². The fourth-order valence-corrected chi connectivity index (χ4v) is 4.46. The molecule has 1 N–H and O–H groups in total. The lowest BCUT2D eigenvalue weighted by atomic mass is 9.70. The van der Waals surface area contributed by atoms with E-state index in [1.165, 1.54) is 70.6 Å². The van der Waals surface area contributed by atoms with Gasteiger partial charge in [0.15, 0.2) is 0 Å². The van der Waals surface area contributed by atoms with Crippen LogP contribution in [0.1, 0.15) is 97.3 Å². The Labute approximate surface area is 131 Å². The average Bonchev–Trinajstić information content (AvgIpc) is 2.70. The predicted octanol–water partition coefficient (Wildman–Crippen LogP) is 5.21. The molecule has 2 aliphatic rings. The Hall–Kier alpha value is -0.530. The fraction of sp³-hybridized carbons (Fsp3) is 0.947. The van der Waals surface area contributed by atoms with Gasteiger partial charge in [0, 0.05) is 12.5 Å². The van der Waals surface area contributed by atoms with Crippen molar-refractivity contribution in [1.29, 1.82) is 0 Å². The summed E-state index contributed by atoms with van der Waals surface area (Å²) in [5, 5.41) is 3.32. The predicted molar refractivity (Wildman–Crippen MR) is 89.2 cm³/mol. The summed E-state index contributed by atoms with van der Waals surface area (Å²) in [5.74, 6) is 0.986. The molecule has 2 heteroatoms. The second-order valence-electron chi connectivity index (χ2n) is 7.97. The van der Waals surface area contributed by atoms with Crippen LogP contribution in [0.15, 0.2) is 0 Å². The maximum absolute atomic E-state index is 12.1. The van der Waals surface area contributed by atoms with Crippen molar-refractivity contribution in [1.82, 2.24) is 5.32 Å². The van der Waals surface area contributed by atoms with Crippen LogP contribution in [-0.4, -0.2) is 11.9 Å². The van der Waals surface area contributed by atoms with E-state index in [-0.39, 0.29) is 5.41 Å². The fourth-order valence-electron chi connectivity index (χ4n) is 4.46. The summed E-state index contributed by atoms with van der Waals surface area (Å²) in [5.41, 5.74) is 0.278. The van der Waals surface area contributed by atoms with Crippen LogP contribution < -0.4 is 5.32 Å². The van der Waals surface area contributed by atoms with Gasteiger partial charge in [-0.05, 0) is 30.6 Å². The van der Waals surface area contributed by atoms with Gasteiger partial charge in [0.2, 0.25) is 5.91 Å². The van der Waals surface area contributed by atoms with Crippen LogP contribution in [0.3, 0.4) is 0 Å². The molecule has 1 spiro atoms. The highest BCUT2D eigenvalue weighted by atomic mass is 16.2. The van der Waals surface area contributed by atoms with Crippen LogP contribution in [0.2, 0.25) is 0 Å². The smallest absolute Gasteiger partial charge is 0.220 e. The van der Waals surface area contributed by atoms with E-state index in [0.717, 1.165) is 12.8 Å². The molecule has 122 valence electrons. The highest BCUT2D eigenvalue weighted by Crippen LogP contribution is 2.44. The quantitative estimate of drug-likeness (QED) is 0.743. The summed E-state index contributed by atoms with van der Waals surface area (Å²) in [7, 11) is 0. The summed E-state index contributed by atoms with van der Waals surface area (Å²) in [6.07, 6.45) is 16.9. The Bertz CT molecular complexity index is 312. The van der Waals surface area contributed by atoms with E-state index in [1.807, 2.05) is 0 Å². The van der Waals surface area contributed by atoms with Crippen molar-refractivity contribution >= 4 is 5.91 Å². The summed E-state index contributed by atoms with van der Waals surface area (Å²) >= 11 is 0. The zero-order valence-corrected chi connectivity index (χ0v) is 14.3. The molecular weight excluding hydrogens is 258 g/mol. The van der Waals surface area contributed by atoms with Gasteiger partial charge in [0.25, 0.3) is 0 Å². The van der Waals surface area contributed by atoms with E-state index in [4.69, 9.17) is 0 Å². The number of hydrogen-bond donors (Lipinski definition) is 1. The lowest BCUT2D eigenvalue weighted by molar-refractivity contribution is -0.119. The third-order valence-electron chi connectivity index (χ3n) is 5.64. The van der Waals surface area contributed by atoms with Crippen molar-refractivity contribution in [3.63, 3.8) is 0 Å². The van der Waals surface area contributed by atoms with Gasteiger partial charge in [-0.25, -0.2) is 0 Å². The molecule has 2 fully saturated rings. The van der Waals surface area contributed by atoms with Crippen molar-refractivity contribution < 1.29 is 4.79 Å². The number of amides is 1. The van der Waals surface area contributed by atoms with Crippen LogP contribution in [-0.2, 0) is 4.79 Å². The minimum atomic E-state index is 0.278. The van der Waals surface area contributed by atoms with Gasteiger partial charge in [0.1, 0.15) is 0 Å². The molecular formula is C19H35NO. The molecule has 2 nitrogen and oxygen atoms in total. The van der Waals surface area contributed by atoms with Crippen LogP contribution in [0, 0.1) is 11.3 Å². The molecule has 1 aliphatic heterocycles. The number of carbonyl (C=O) groups is 1. The van der Waals surface area contributed by atoms with Crippen LogP contribution in [0.5, 0.6) is 0 Å². The van der Waals surface area contributed by atoms with Gasteiger partial charge < -0.3 is 5.32 Å². The zero-order chi connectivity index (χ0) is 15.1. The first-order valence-corrected chi connectivity index (χ1v) is 9.42. The second kappa shape index (κ2) is 8.19. The molecule has 1 saturated carbocycles. The van der Waals surface area contributed by atoms with Crippen molar-refractivity contribution in [2.45, 2.75) is 103 Å². The maximum Gasteiger partial charge on any atom is 0.220 e. The normalized spacial score (nSPS) is 28.1. The molecule has 0 aromatic rings. The van der Waals surface area contributed by atoms with E-state index < -0.39 is 0 Å². The molecule has 0 bridgehead atoms. The largest absolute Gasteiger partial charge is 0.353 e. The molecule has 1 saturated heterocycles. The first-order chi connectivity index (χ1) is 10.1. The number of carbonyl (C=O) groups excluding carboxylic acids is 1. The van der Waals surface area contributed by atoms with Crippen LogP contribution in [0.25, 0.3) is 0 Å². The minimum absolute atomic E-state index is 0.278. The number of rotatable bonds is 2. The Morgan fingerprint density at radius 3 is 1.90 bits per heavy atom. The third kappa shape index (κ3) is 5.00. The maximum atomic E-state index is 12.1. The topological polar surface area (TPSA) is 29.1 Å². The van der Waals surface area contributed by atoms with E-state index in [9.17, 15) is 4.79 Å². The number of hydrogen-bond acceptors (Lipinski definition) is 1. The monoisotopic (exact) mass is 293 g/mol. The van der Waals surface area contributed by atoms with Gasteiger partial charge in [0.05, 0.1) is 0 Å². The van der Waals surface area contributed by atoms with Gasteiger partial charge in [-0.3, -0.25) is 4.79 Å². The second-order valence-corrected chi connectivity index (χ2v) is 7.97. The highest BCUT2D eigenvalue weighted by Gasteiger charge is 2.45. The van der Waals surface area contributed by atoms with Crippen molar-refractivity contribution in [2.24, 2.45) is 11.3 Å². The van der Waals surface area contributed by atoms with Crippen LogP contribution >= 0.6 is 0 Å². The Morgan fingerprint density at radius 1 is 0.952 bits per heavy atom. The van der Waals surface area contributed by atoms with E-state index in [2.05, 4.69) is 19.2 Å². The Balaban J connectivity index is 2.03. The molecule has 1 heterocycles. The highest BCUT2D eigenvalue weighted by molar-refractivity contribution is 5.80. The van der Waals surface area contributed by atoms with Gasteiger partial charge in [-0.15, -0.1) is 0 Å². The van der Waals surface area contributed by atoms with Crippen molar-refractivity contribution in [3.8, 4) is 0 Å². The Kier molecular flexibility index (Phi) is 6.57.